The van der Waals surface area contributed by atoms with Crippen molar-refractivity contribution in [2.24, 2.45) is 0 Å². The molecule has 0 aromatic rings. The van der Waals surface area contributed by atoms with Crippen LogP contribution in [-0.4, -0.2) is 24.5 Å². The van der Waals surface area contributed by atoms with Crippen molar-refractivity contribution in [1.82, 2.24) is 4.90 Å². The Kier molecular flexibility index (Phi) is 5.86. The summed E-state index contributed by atoms with van der Waals surface area (Å²) in [5.74, 6) is 0. The largest absolute Gasteiger partial charge is 0.300 e. The third kappa shape index (κ3) is 4.79. The van der Waals surface area contributed by atoms with Crippen molar-refractivity contribution < 1.29 is 0 Å². The number of allylic oxidation sites excluding steroid dienone is 2. The van der Waals surface area contributed by atoms with Crippen molar-refractivity contribution in [3.05, 3.63) is 24.3 Å². The van der Waals surface area contributed by atoms with E-state index >= 15 is 0 Å². The molecule has 0 fully saturated rings. The van der Waals surface area contributed by atoms with Crippen molar-refractivity contribution in [2.75, 3.05) is 19.6 Å². The topological polar surface area (TPSA) is 3.24 Å². The van der Waals surface area contributed by atoms with Gasteiger partial charge in [-0.3, -0.25) is 0 Å². The molecular weight excluding hydrogens is 134 g/mol. The number of rotatable bonds is 5. The summed E-state index contributed by atoms with van der Waals surface area (Å²) in [6, 6.07) is 0. The van der Waals surface area contributed by atoms with E-state index in [1.165, 1.54) is 5.57 Å². The molecule has 0 atom stereocenters. The molecule has 0 spiro atoms. The maximum Gasteiger partial charge on any atom is 0.0168 e. The highest BCUT2D eigenvalue weighted by Gasteiger charge is 1.93. The van der Waals surface area contributed by atoms with Crippen molar-refractivity contribution in [3.8, 4) is 0 Å². The first-order chi connectivity index (χ1) is 5.24. The molecule has 0 saturated heterocycles. The quantitative estimate of drug-likeness (QED) is 0.548. The molecular formula is C10H19N. The summed E-state index contributed by atoms with van der Waals surface area (Å²) in [5, 5.41) is 0. The predicted molar refractivity (Wildman–Crippen MR) is 51.7 cm³/mol. The Labute approximate surface area is 70.4 Å². The Bertz CT molecular complexity index is 132. The average molecular weight is 153 g/mol. The van der Waals surface area contributed by atoms with E-state index in [0.29, 0.717) is 0 Å². The number of hydrogen-bond acceptors (Lipinski definition) is 1. The molecule has 0 saturated carbocycles. The van der Waals surface area contributed by atoms with E-state index in [-0.39, 0.29) is 0 Å². The fourth-order valence-electron chi connectivity index (χ4n) is 0.838. The summed E-state index contributed by atoms with van der Waals surface area (Å²) >= 11 is 0. The molecule has 11 heavy (non-hydrogen) atoms. The molecule has 0 amide bonds. The predicted octanol–water partition coefficient (Wildman–Crippen LogP) is 2.46. The molecule has 0 unspecified atom stereocenters. The van der Waals surface area contributed by atoms with Crippen LogP contribution in [0.3, 0.4) is 0 Å². The van der Waals surface area contributed by atoms with E-state index in [0.717, 1.165) is 19.6 Å². The van der Waals surface area contributed by atoms with E-state index in [4.69, 9.17) is 0 Å². The minimum atomic E-state index is 1.05. The molecule has 1 nitrogen and oxygen atoms in total. The van der Waals surface area contributed by atoms with Gasteiger partial charge < -0.3 is 4.90 Å². The second-order valence-electron chi connectivity index (χ2n) is 2.64. The summed E-state index contributed by atoms with van der Waals surface area (Å²) in [4.78, 5) is 2.37. The van der Waals surface area contributed by atoms with Crippen LogP contribution in [0.4, 0.5) is 0 Å². The molecule has 0 aliphatic carbocycles. The summed E-state index contributed by atoms with van der Waals surface area (Å²) < 4.78 is 0. The van der Waals surface area contributed by atoms with Gasteiger partial charge in [-0.05, 0) is 20.0 Å². The second kappa shape index (κ2) is 6.17. The number of hydrogen-bond donors (Lipinski definition) is 0. The van der Waals surface area contributed by atoms with E-state index in [1.54, 1.807) is 0 Å². The molecule has 0 aromatic carbocycles. The molecule has 1 heteroatoms. The van der Waals surface area contributed by atoms with E-state index in [2.05, 4.69) is 38.3 Å². The molecule has 0 aromatic heterocycles. The first kappa shape index (κ1) is 10.4. The first-order valence-electron chi connectivity index (χ1n) is 4.26. The van der Waals surface area contributed by atoms with Crippen LogP contribution in [0.1, 0.15) is 20.8 Å². The molecule has 0 aliphatic heterocycles. The molecule has 0 aliphatic rings. The van der Waals surface area contributed by atoms with Crippen LogP contribution in [0.25, 0.3) is 0 Å². The lowest BCUT2D eigenvalue weighted by molar-refractivity contribution is 0.337. The van der Waals surface area contributed by atoms with Crippen LogP contribution in [-0.2, 0) is 0 Å². The maximum absolute atomic E-state index is 3.70. The zero-order valence-electron chi connectivity index (χ0n) is 7.93. The smallest absolute Gasteiger partial charge is 0.0168 e. The first-order valence-corrected chi connectivity index (χ1v) is 4.26. The standard InChI is InChI=1S/C10H19N/c1-5-10(4)8-9-11(6-2)7-3/h5,8H,1,6-7,9H2,2-4H3/b10-8+. The van der Waals surface area contributed by atoms with Crippen LogP contribution in [0.15, 0.2) is 24.3 Å². The van der Waals surface area contributed by atoms with Crippen LogP contribution >= 0.6 is 0 Å². The Balaban J connectivity index is 3.73. The Morgan fingerprint density at radius 1 is 1.36 bits per heavy atom. The van der Waals surface area contributed by atoms with Gasteiger partial charge in [0.05, 0.1) is 0 Å². The van der Waals surface area contributed by atoms with Gasteiger partial charge in [-0.15, -0.1) is 0 Å². The molecule has 0 rings (SSSR count). The third-order valence-electron chi connectivity index (χ3n) is 1.89. The monoisotopic (exact) mass is 153 g/mol. The van der Waals surface area contributed by atoms with Crippen LogP contribution in [0.2, 0.25) is 0 Å². The fraction of sp³-hybridized carbons (Fsp3) is 0.600. The van der Waals surface area contributed by atoms with Gasteiger partial charge in [0.15, 0.2) is 0 Å². The lowest BCUT2D eigenvalue weighted by Crippen LogP contribution is -2.22. The highest BCUT2D eigenvalue weighted by atomic mass is 15.1. The van der Waals surface area contributed by atoms with Gasteiger partial charge in [0.25, 0.3) is 0 Å². The highest BCUT2D eigenvalue weighted by molar-refractivity contribution is 5.13. The summed E-state index contributed by atoms with van der Waals surface area (Å²) in [5.41, 5.74) is 1.26. The van der Waals surface area contributed by atoms with Gasteiger partial charge in [-0.2, -0.15) is 0 Å². The lowest BCUT2D eigenvalue weighted by atomic mass is 10.3. The van der Waals surface area contributed by atoms with Crippen molar-refractivity contribution in [2.45, 2.75) is 20.8 Å². The number of likely N-dealkylation sites (N-methyl/N-ethyl adjacent to an activating group) is 1. The van der Waals surface area contributed by atoms with Gasteiger partial charge in [0.1, 0.15) is 0 Å². The fourth-order valence-corrected chi connectivity index (χ4v) is 0.838. The van der Waals surface area contributed by atoms with Gasteiger partial charge in [-0.25, -0.2) is 0 Å². The average Bonchev–Trinajstić information content (AvgIpc) is 2.06. The van der Waals surface area contributed by atoms with Crippen molar-refractivity contribution in [1.29, 1.82) is 0 Å². The van der Waals surface area contributed by atoms with Gasteiger partial charge >= 0.3 is 0 Å². The van der Waals surface area contributed by atoms with E-state index in [9.17, 15) is 0 Å². The molecule has 0 heterocycles. The Morgan fingerprint density at radius 3 is 2.27 bits per heavy atom. The van der Waals surface area contributed by atoms with Crippen molar-refractivity contribution in [3.63, 3.8) is 0 Å². The third-order valence-corrected chi connectivity index (χ3v) is 1.89. The van der Waals surface area contributed by atoms with Crippen LogP contribution in [0.5, 0.6) is 0 Å². The highest BCUT2D eigenvalue weighted by Crippen LogP contribution is 1.94. The molecule has 64 valence electrons. The lowest BCUT2D eigenvalue weighted by Gasteiger charge is -2.15. The van der Waals surface area contributed by atoms with Crippen LogP contribution < -0.4 is 0 Å². The number of nitrogens with zero attached hydrogens (tertiary/aromatic N) is 1. The van der Waals surface area contributed by atoms with Crippen molar-refractivity contribution >= 4 is 0 Å². The zero-order valence-corrected chi connectivity index (χ0v) is 7.93. The summed E-state index contributed by atoms with van der Waals surface area (Å²) in [6.07, 6.45) is 4.10. The van der Waals surface area contributed by atoms with E-state index in [1.807, 2.05) is 6.08 Å². The van der Waals surface area contributed by atoms with Gasteiger partial charge in [-0.1, -0.05) is 38.2 Å². The molecule has 0 bridgehead atoms. The Hall–Kier alpha value is -0.560. The molecule has 0 radical (unpaired) electrons. The Morgan fingerprint density at radius 2 is 1.91 bits per heavy atom. The minimum Gasteiger partial charge on any atom is -0.300 e. The maximum atomic E-state index is 3.70. The van der Waals surface area contributed by atoms with Crippen LogP contribution in [0, 0.1) is 0 Å². The van der Waals surface area contributed by atoms with Gasteiger partial charge in [0, 0.05) is 6.54 Å². The summed E-state index contributed by atoms with van der Waals surface area (Å²) in [7, 11) is 0. The molecule has 0 N–H and O–H groups in total. The van der Waals surface area contributed by atoms with E-state index < -0.39 is 0 Å². The summed E-state index contributed by atoms with van der Waals surface area (Å²) in [6.45, 7) is 13.4. The normalized spacial score (nSPS) is 12.2. The zero-order chi connectivity index (χ0) is 8.69. The second-order valence-corrected chi connectivity index (χ2v) is 2.64. The van der Waals surface area contributed by atoms with Gasteiger partial charge in [0.2, 0.25) is 0 Å². The SMILES string of the molecule is C=C/C(C)=C/CN(CC)CC. The minimum absolute atomic E-state index is 1.05.